The highest BCUT2D eigenvalue weighted by Gasteiger charge is 2.57. The van der Waals surface area contributed by atoms with Crippen LogP contribution in [0.25, 0.3) is 0 Å². The van der Waals surface area contributed by atoms with Gasteiger partial charge in [0.25, 0.3) is 0 Å². The highest BCUT2D eigenvalue weighted by Crippen LogP contribution is 2.47. The number of alkyl halides is 2. The molecule has 0 heterocycles. The van der Waals surface area contributed by atoms with Gasteiger partial charge in [-0.3, -0.25) is 24.1 Å². The molecule has 2 unspecified atom stereocenters. The average molecular weight is 576 g/mol. The van der Waals surface area contributed by atoms with Crippen LogP contribution in [0.4, 0.5) is 0 Å². The van der Waals surface area contributed by atoms with Crippen LogP contribution in [0.3, 0.4) is 0 Å². The molecule has 0 amide bonds. The van der Waals surface area contributed by atoms with Crippen molar-refractivity contribution >= 4 is 46.7 Å². The largest absolute Gasteiger partial charge is 0.493 e. The number of Topliss-reactive ketones (excluding diaryl/α,β-unsaturated/α-hetero) is 2. The normalized spacial score (nSPS) is 21.3. The number of nitrogens with zero attached hydrogens (tertiary/aromatic N) is 1. The number of rotatable bonds is 14. The molecule has 0 aliphatic heterocycles. The Labute approximate surface area is 232 Å². The van der Waals surface area contributed by atoms with Crippen LogP contribution in [0.2, 0.25) is 0 Å². The summed E-state index contributed by atoms with van der Waals surface area (Å²) < 4.78 is 26.8. The van der Waals surface area contributed by atoms with E-state index in [1.165, 1.54) is 33.5 Å². The standard InChI is InChI=1S/C26H35Cl2NO9/c1-6-37-25(32)20-19(15-12-17(34-3)24(36-5)18(13-15)35-4)21(26(33)38-7-2)23(31)16(22(20)30)14-29(10-8-27)11-9-28/h12-13,16,19-21H,6-11,14H2,1-5H3. The van der Waals surface area contributed by atoms with E-state index in [4.69, 9.17) is 46.9 Å². The molecule has 38 heavy (non-hydrogen) atoms. The molecule has 1 fully saturated rings. The summed E-state index contributed by atoms with van der Waals surface area (Å²) in [5.41, 5.74) is 0.286. The Morgan fingerprint density at radius 3 is 1.61 bits per heavy atom. The van der Waals surface area contributed by atoms with Crippen LogP contribution in [-0.4, -0.2) is 94.3 Å². The molecule has 1 aromatic rings. The van der Waals surface area contributed by atoms with Gasteiger partial charge in [-0.1, -0.05) is 0 Å². The number of benzene rings is 1. The first-order valence-electron chi connectivity index (χ1n) is 12.3. The molecule has 12 heteroatoms. The molecule has 1 aromatic carbocycles. The molecule has 212 valence electrons. The van der Waals surface area contributed by atoms with E-state index >= 15 is 0 Å². The fraction of sp³-hybridized carbons (Fsp3) is 0.615. The van der Waals surface area contributed by atoms with Crippen molar-refractivity contribution < 1.29 is 42.9 Å². The van der Waals surface area contributed by atoms with Crippen molar-refractivity contribution in [2.45, 2.75) is 19.8 Å². The number of hydrogen-bond acceptors (Lipinski definition) is 10. The van der Waals surface area contributed by atoms with Gasteiger partial charge in [-0.2, -0.15) is 0 Å². The smallest absolute Gasteiger partial charge is 0.317 e. The van der Waals surface area contributed by atoms with E-state index in [1.807, 2.05) is 0 Å². The molecule has 0 radical (unpaired) electrons. The highest BCUT2D eigenvalue weighted by molar-refractivity contribution is 6.19. The summed E-state index contributed by atoms with van der Waals surface area (Å²) in [5.74, 6) is -7.25. The molecule has 0 spiro atoms. The second-order valence-electron chi connectivity index (χ2n) is 8.48. The zero-order valence-electron chi connectivity index (χ0n) is 22.3. The molecule has 0 saturated heterocycles. The van der Waals surface area contributed by atoms with Crippen molar-refractivity contribution in [1.82, 2.24) is 4.90 Å². The summed E-state index contributed by atoms with van der Waals surface area (Å²) in [6, 6.07) is 3.03. The zero-order chi connectivity index (χ0) is 28.4. The lowest BCUT2D eigenvalue weighted by molar-refractivity contribution is -0.164. The summed E-state index contributed by atoms with van der Waals surface area (Å²) in [6.45, 7) is 3.87. The van der Waals surface area contributed by atoms with Crippen molar-refractivity contribution in [1.29, 1.82) is 0 Å². The highest BCUT2D eigenvalue weighted by atomic mass is 35.5. The van der Waals surface area contributed by atoms with Crippen molar-refractivity contribution in [3.05, 3.63) is 17.7 Å². The van der Waals surface area contributed by atoms with Crippen LogP contribution in [-0.2, 0) is 28.7 Å². The van der Waals surface area contributed by atoms with Gasteiger partial charge in [0.05, 0.1) is 40.5 Å². The maximum absolute atomic E-state index is 13.9. The minimum absolute atomic E-state index is 0.00209. The van der Waals surface area contributed by atoms with Gasteiger partial charge in [-0.05, 0) is 31.5 Å². The van der Waals surface area contributed by atoms with Gasteiger partial charge in [0, 0.05) is 37.3 Å². The second-order valence-corrected chi connectivity index (χ2v) is 9.24. The monoisotopic (exact) mass is 575 g/mol. The van der Waals surface area contributed by atoms with Gasteiger partial charge in [-0.15, -0.1) is 23.2 Å². The Morgan fingerprint density at radius 2 is 1.26 bits per heavy atom. The first-order chi connectivity index (χ1) is 18.2. The van der Waals surface area contributed by atoms with E-state index in [0.717, 1.165) is 0 Å². The fourth-order valence-electron chi connectivity index (χ4n) is 4.76. The Hall–Kier alpha value is -2.56. The van der Waals surface area contributed by atoms with Crippen LogP contribution >= 0.6 is 23.2 Å². The quantitative estimate of drug-likeness (QED) is 0.186. The molecule has 1 aliphatic carbocycles. The summed E-state index contributed by atoms with van der Waals surface area (Å²) in [7, 11) is 4.24. The number of carbonyl (C=O) groups excluding carboxylic acids is 4. The van der Waals surface area contributed by atoms with Crippen molar-refractivity contribution in [2.75, 3.05) is 65.9 Å². The molecule has 0 bridgehead atoms. The zero-order valence-corrected chi connectivity index (χ0v) is 23.8. The van der Waals surface area contributed by atoms with E-state index < -0.39 is 47.2 Å². The SMILES string of the molecule is CCOC(=O)C1C(=O)C(CN(CCCl)CCCl)C(=O)C(C(=O)OCC)C1c1cc(OC)c(OC)c(OC)c1. The molecule has 10 nitrogen and oxygen atoms in total. The molecule has 2 atom stereocenters. The first-order valence-corrected chi connectivity index (χ1v) is 13.4. The third-order valence-corrected chi connectivity index (χ3v) is 6.75. The molecule has 0 aromatic heterocycles. The van der Waals surface area contributed by atoms with Gasteiger partial charge >= 0.3 is 11.9 Å². The van der Waals surface area contributed by atoms with Crippen LogP contribution in [0.1, 0.15) is 25.3 Å². The fourth-order valence-corrected chi connectivity index (χ4v) is 5.24. The topological polar surface area (TPSA) is 118 Å². The van der Waals surface area contributed by atoms with Crippen molar-refractivity contribution in [3.8, 4) is 17.2 Å². The number of ether oxygens (including phenoxy) is 5. The predicted octanol–water partition coefficient (Wildman–Crippen LogP) is 2.70. The Balaban J connectivity index is 2.77. The van der Waals surface area contributed by atoms with Crippen molar-refractivity contribution in [3.63, 3.8) is 0 Å². The third-order valence-electron chi connectivity index (χ3n) is 6.41. The predicted molar refractivity (Wildman–Crippen MR) is 140 cm³/mol. The number of methoxy groups -OCH3 is 3. The van der Waals surface area contributed by atoms with Crippen molar-refractivity contribution in [2.24, 2.45) is 17.8 Å². The van der Waals surface area contributed by atoms with Crippen LogP contribution in [0.5, 0.6) is 17.2 Å². The number of hydrogen-bond donors (Lipinski definition) is 0. The van der Waals surface area contributed by atoms with Gasteiger partial charge in [-0.25, -0.2) is 0 Å². The summed E-state index contributed by atoms with van der Waals surface area (Å²) >= 11 is 11.8. The maximum Gasteiger partial charge on any atom is 0.317 e. The van der Waals surface area contributed by atoms with E-state index in [-0.39, 0.29) is 54.3 Å². The minimum atomic E-state index is -1.47. The lowest BCUT2D eigenvalue weighted by Gasteiger charge is -2.39. The number of halogens is 2. The molecule has 0 N–H and O–H groups in total. The lowest BCUT2D eigenvalue weighted by atomic mass is 9.63. The summed E-state index contributed by atoms with van der Waals surface area (Å²) in [6.07, 6.45) is 0. The number of ketones is 2. The second kappa shape index (κ2) is 15.1. The Kier molecular flexibility index (Phi) is 12.6. The lowest BCUT2D eigenvalue weighted by Crippen LogP contribution is -2.55. The molecule has 1 aliphatic rings. The maximum atomic E-state index is 13.9. The molecular formula is C26H35Cl2NO9. The number of esters is 2. The number of carbonyl (C=O) groups is 4. The van der Waals surface area contributed by atoms with Crippen LogP contribution in [0.15, 0.2) is 12.1 Å². The van der Waals surface area contributed by atoms with Crippen LogP contribution in [0, 0.1) is 17.8 Å². The van der Waals surface area contributed by atoms with Gasteiger partial charge in [0.1, 0.15) is 11.8 Å². The minimum Gasteiger partial charge on any atom is -0.493 e. The van der Waals surface area contributed by atoms with E-state index in [0.29, 0.717) is 13.1 Å². The van der Waals surface area contributed by atoms with E-state index in [1.54, 1.807) is 18.7 Å². The van der Waals surface area contributed by atoms with Gasteiger partial charge in [0.15, 0.2) is 23.1 Å². The average Bonchev–Trinajstić information content (AvgIpc) is 2.90. The van der Waals surface area contributed by atoms with E-state index in [2.05, 4.69) is 0 Å². The van der Waals surface area contributed by atoms with E-state index in [9.17, 15) is 19.2 Å². The third kappa shape index (κ3) is 6.90. The Bertz CT molecular complexity index is 934. The molecule has 1 saturated carbocycles. The summed E-state index contributed by atoms with van der Waals surface area (Å²) in [5, 5.41) is 0. The molecule has 2 rings (SSSR count). The van der Waals surface area contributed by atoms with Gasteiger partial charge < -0.3 is 23.7 Å². The first kappa shape index (κ1) is 31.7. The summed E-state index contributed by atoms with van der Waals surface area (Å²) in [4.78, 5) is 56.1. The van der Waals surface area contributed by atoms with Crippen LogP contribution < -0.4 is 14.2 Å². The molecular weight excluding hydrogens is 541 g/mol. The van der Waals surface area contributed by atoms with Gasteiger partial charge in [0.2, 0.25) is 5.75 Å². The Morgan fingerprint density at radius 1 is 0.816 bits per heavy atom.